The van der Waals surface area contributed by atoms with Gasteiger partial charge in [0.05, 0.1) is 23.4 Å². The lowest BCUT2D eigenvalue weighted by Gasteiger charge is -2.28. The van der Waals surface area contributed by atoms with Gasteiger partial charge < -0.3 is 4.74 Å². The van der Waals surface area contributed by atoms with Crippen molar-refractivity contribution in [3.8, 4) is 5.75 Å². The summed E-state index contributed by atoms with van der Waals surface area (Å²) in [5, 5.41) is 11.1. The second kappa shape index (κ2) is 8.02. The number of hydrogen-bond donors (Lipinski definition) is 0. The smallest absolute Gasteiger partial charge is 0.270 e. The van der Waals surface area contributed by atoms with Crippen LogP contribution in [-0.4, -0.2) is 45.7 Å². The molecule has 0 atom stereocenters. The van der Waals surface area contributed by atoms with Crippen LogP contribution in [0.4, 0.5) is 5.69 Å². The fraction of sp³-hybridized carbons (Fsp3) is 0.450. The van der Waals surface area contributed by atoms with Crippen LogP contribution in [0.3, 0.4) is 0 Å². The van der Waals surface area contributed by atoms with Gasteiger partial charge in [-0.1, -0.05) is 0 Å². The normalized spacial score (nSPS) is 17.0. The van der Waals surface area contributed by atoms with Gasteiger partial charge in [-0.3, -0.25) is 20.0 Å². The summed E-state index contributed by atoms with van der Waals surface area (Å²) >= 11 is 0. The second-order valence-corrected chi connectivity index (χ2v) is 7.16. The van der Waals surface area contributed by atoms with Crippen molar-refractivity contribution in [2.75, 3.05) is 20.2 Å². The Balaban J connectivity index is 1.51. The minimum Gasteiger partial charge on any atom is -0.496 e. The van der Waals surface area contributed by atoms with Crippen molar-refractivity contribution in [2.45, 2.75) is 38.8 Å². The zero-order valence-electron chi connectivity index (χ0n) is 15.9. The van der Waals surface area contributed by atoms with Crippen LogP contribution >= 0.6 is 0 Å². The summed E-state index contributed by atoms with van der Waals surface area (Å²) in [6.45, 7) is 3.00. The van der Waals surface area contributed by atoms with Crippen LogP contribution in [0.1, 0.15) is 41.9 Å². The largest absolute Gasteiger partial charge is 0.496 e. The van der Waals surface area contributed by atoms with Crippen molar-refractivity contribution in [2.24, 2.45) is 4.99 Å². The molecule has 0 radical (unpaired) electrons. The summed E-state index contributed by atoms with van der Waals surface area (Å²) in [5.74, 6) is 1.44. The minimum atomic E-state index is -0.377. The van der Waals surface area contributed by atoms with Crippen LogP contribution in [0, 0.1) is 10.1 Å². The molecule has 0 fully saturated rings. The summed E-state index contributed by atoms with van der Waals surface area (Å²) in [6.07, 6.45) is 5.99. The molecule has 28 heavy (non-hydrogen) atoms. The van der Waals surface area contributed by atoms with Crippen LogP contribution in [0.15, 0.2) is 29.4 Å². The molecule has 0 bridgehead atoms. The van der Waals surface area contributed by atoms with Gasteiger partial charge in [0.25, 0.3) is 5.69 Å². The lowest BCUT2D eigenvalue weighted by Crippen LogP contribution is -2.31. The highest BCUT2D eigenvalue weighted by atomic mass is 16.6. The Morgan fingerprint density at radius 3 is 2.93 bits per heavy atom. The maximum absolute atomic E-state index is 11.1. The first-order valence-electron chi connectivity index (χ1n) is 9.56. The molecule has 3 heterocycles. The van der Waals surface area contributed by atoms with Gasteiger partial charge in [0, 0.05) is 62.1 Å². The molecular formula is C20H23N5O3. The van der Waals surface area contributed by atoms with E-state index in [9.17, 15) is 10.1 Å². The van der Waals surface area contributed by atoms with Crippen molar-refractivity contribution in [1.29, 1.82) is 0 Å². The lowest BCUT2D eigenvalue weighted by atomic mass is 10.0. The summed E-state index contributed by atoms with van der Waals surface area (Å²) in [6, 6.07) is 4.72. The van der Waals surface area contributed by atoms with E-state index in [-0.39, 0.29) is 10.6 Å². The number of fused-ring (bicyclic) bond motifs is 1. The SMILES string of the molecule is COc1ccc([N+](=O)[O-])cc1CN1CCc2nc(C3=NCCCC3)ncc2C1. The number of nitrogens with zero attached hydrogens (tertiary/aromatic N) is 5. The quantitative estimate of drug-likeness (QED) is 0.584. The molecule has 0 amide bonds. The van der Waals surface area contributed by atoms with E-state index in [1.807, 2.05) is 6.20 Å². The van der Waals surface area contributed by atoms with E-state index in [1.165, 1.54) is 6.07 Å². The standard InChI is InChI=1S/C20H23N5O3/c1-28-19-6-5-16(25(26)27)10-14(19)12-24-9-7-17-15(13-24)11-22-20(23-17)18-4-2-3-8-21-18/h5-6,10-11H,2-4,7-9,12-13H2,1H3. The van der Waals surface area contributed by atoms with E-state index in [2.05, 4.69) is 14.9 Å². The molecular weight excluding hydrogens is 358 g/mol. The van der Waals surface area contributed by atoms with E-state index in [1.54, 1.807) is 19.2 Å². The molecule has 4 rings (SSSR count). The molecule has 8 nitrogen and oxygen atoms in total. The number of non-ortho nitro benzene ring substituents is 1. The molecule has 2 aliphatic rings. The number of nitro groups is 1. The highest BCUT2D eigenvalue weighted by Gasteiger charge is 2.22. The monoisotopic (exact) mass is 381 g/mol. The van der Waals surface area contributed by atoms with Crippen LogP contribution in [0.2, 0.25) is 0 Å². The Morgan fingerprint density at radius 2 is 2.18 bits per heavy atom. The van der Waals surface area contributed by atoms with Crippen molar-refractivity contribution in [3.05, 3.63) is 57.2 Å². The number of rotatable bonds is 5. The molecule has 0 N–H and O–H groups in total. The van der Waals surface area contributed by atoms with Gasteiger partial charge in [0.15, 0.2) is 5.82 Å². The predicted octanol–water partition coefficient (Wildman–Crippen LogP) is 2.92. The average Bonchev–Trinajstić information content (AvgIpc) is 2.74. The Bertz CT molecular complexity index is 928. The molecule has 0 unspecified atom stereocenters. The van der Waals surface area contributed by atoms with Gasteiger partial charge in [-0.25, -0.2) is 9.97 Å². The van der Waals surface area contributed by atoms with Gasteiger partial charge in [-0.05, 0) is 25.3 Å². The molecule has 0 spiro atoms. The zero-order valence-corrected chi connectivity index (χ0v) is 15.9. The van der Waals surface area contributed by atoms with Crippen LogP contribution in [-0.2, 0) is 19.5 Å². The number of benzene rings is 1. The molecule has 0 saturated carbocycles. The Kier molecular flexibility index (Phi) is 5.29. The van der Waals surface area contributed by atoms with Crippen molar-refractivity contribution >= 4 is 11.4 Å². The third-order valence-corrected chi connectivity index (χ3v) is 5.26. The molecule has 1 aromatic carbocycles. The maximum Gasteiger partial charge on any atom is 0.270 e. The number of hydrogen-bond acceptors (Lipinski definition) is 7. The maximum atomic E-state index is 11.1. The lowest BCUT2D eigenvalue weighted by molar-refractivity contribution is -0.385. The van der Waals surface area contributed by atoms with Gasteiger partial charge >= 0.3 is 0 Å². The summed E-state index contributed by atoms with van der Waals surface area (Å²) < 4.78 is 5.39. The molecule has 0 saturated heterocycles. The Labute approximate surface area is 163 Å². The predicted molar refractivity (Wildman–Crippen MR) is 105 cm³/mol. The van der Waals surface area contributed by atoms with E-state index < -0.39 is 0 Å². The molecule has 1 aromatic heterocycles. The number of nitro benzene ring substituents is 1. The van der Waals surface area contributed by atoms with Crippen molar-refractivity contribution < 1.29 is 9.66 Å². The van der Waals surface area contributed by atoms with E-state index >= 15 is 0 Å². The van der Waals surface area contributed by atoms with Gasteiger partial charge in [-0.2, -0.15) is 0 Å². The number of aromatic nitrogens is 2. The first-order chi connectivity index (χ1) is 13.6. The fourth-order valence-electron chi connectivity index (χ4n) is 3.77. The number of aliphatic imine (C=N–C) groups is 1. The molecule has 2 aromatic rings. The number of methoxy groups -OCH3 is 1. The molecule has 8 heteroatoms. The third kappa shape index (κ3) is 3.87. The Morgan fingerprint density at radius 1 is 1.29 bits per heavy atom. The molecule has 146 valence electrons. The van der Waals surface area contributed by atoms with Gasteiger partial charge in [-0.15, -0.1) is 0 Å². The minimum absolute atomic E-state index is 0.0782. The first-order valence-corrected chi connectivity index (χ1v) is 9.56. The van der Waals surface area contributed by atoms with Crippen molar-refractivity contribution in [1.82, 2.24) is 14.9 Å². The summed E-state index contributed by atoms with van der Waals surface area (Å²) in [7, 11) is 1.58. The highest BCUT2D eigenvalue weighted by Crippen LogP contribution is 2.27. The first kappa shape index (κ1) is 18.5. The van der Waals surface area contributed by atoms with Crippen LogP contribution in [0.5, 0.6) is 5.75 Å². The zero-order chi connectivity index (χ0) is 19.5. The van der Waals surface area contributed by atoms with Crippen LogP contribution < -0.4 is 4.74 Å². The second-order valence-electron chi connectivity index (χ2n) is 7.16. The van der Waals surface area contributed by atoms with Crippen LogP contribution in [0.25, 0.3) is 0 Å². The highest BCUT2D eigenvalue weighted by molar-refractivity contribution is 5.97. The summed E-state index contributed by atoms with van der Waals surface area (Å²) in [4.78, 5) is 26.8. The van der Waals surface area contributed by atoms with Gasteiger partial charge in [0.2, 0.25) is 0 Å². The molecule has 0 aliphatic carbocycles. The molecule has 2 aliphatic heterocycles. The number of ether oxygens (including phenoxy) is 1. The Hall–Kier alpha value is -2.87. The third-order valence-electron chi connectivity index (χ3n) is 5.26. The average molecular weight is 381 g/mol. The van der Waals surface area contributed by atoms with E-state index in [0.717, 1.165) is 67.1 Å². The van der Waals surface area contributed by atoms with E-state index in [4.69, 9.17) is 9.72 Å². The summed E-state index contributed by atoms with van der Waals surface area (Å²) in [5.41, 5.74) is 4.11. The van der Waals surface area contributed by atoms with E-state index in [0.29, 0.717) is 18.8 Å². The van der Waals surface area contributed by atoms with Crippen molar-refractivity contribution in [3.63, 3.8) is 0 Å². The fourth-order valence-corrected chi connectivity index (χ4v) is 3.77. The topological polar surface area (TPSA) is 93.8 Å². The van der Waals surface area contributed by atoms with Gasteiger partial charge in [0.1, 0.15) is 5.75 Å².